The first-order valence-corrected chi connectivity index (χ1v) is 3.58. The van der Waals surface area contributed by atoms with Crippen molar-refractivity contribution in [2.75, 3.05) is 32.8 Å². The Bertz CT molecular complexity index is 119. The molecule has 1 fully saturated rings. The van der Waals surface area contributed by atoms with Crippen LogP contribution >= 0.6 is 0 Å². The fourth-order valence-electron chi connectivity index (χ4n) is 1.07. The summed E-state index contributed by atoms with van der Waals surface area (Å²) in [6.45, 7) is 5.55. The van der Waals surface area contributed by atoms with E-state index in [2.05, 4.69) is 4.90 Å². The van der Waals surface area contributed by atoms with Gasteiger partial charge in [-0.1, -0.05) is 0 Å². The zero-order chi connectivity index (χ0) is 7.40. The van der Waals surface area contributed by atoms with Crippen molar-refractivity contribution in [2.45, 2.75) is 6.92 Å². The van der Waals surface area contributed by atoms with Gasteiger partial charge in [-0.15, -0.1) is 0 Å². The van der Waals surface area contributed by atoms with Gasteiger partial charge < -0.3 is 4.74 Å². The lowest BCUT2D eigenvalue weighted by atomic mass is 10.5. The van der Waals surface area contributed by atoms with Crippen LogP contribution in [0.3, 0.4) is 0 Å². The van der Waals surface area contributed by atoms with Crippen LogP contribution in [0.15, 0.2) is 0 Å². The number of rotatable bonds is 2. The summed E-state index contributed by atoms with van der Waals surface area (Å²) in [6, 6.07) is 0. The lowest BCUT2D eigenvalue weighted by Crippen LogP contribution is -2.38. The van der Waals surface area contributed by atoms with E-state index in [9.17, 15) is 4.79 Å². The summed E-state index contributed by atoms with van der Waals surface area (Å²) >= 11 is 0. The topological polar surface area (TPSA) is 29.5 Å². The smallest absolute Gasteiger partial charge is 0.143 e. The first-order chi connectivity index (χ1) is 4.79. The Hall–Kier alpha value is -0.410. The molecule has 0 N–H and O–H groups in total. The summed E-state index contributed by atoms with van der Waals surface area (Å²) in [4.78, 5) is 12.7. The SMILES string of the molecule is CC(=O)[13CH2]N1CC[18O]CC1. The highest BCUT2D eigenvalue weighted by Crippen LogP contribution is 1.95. The van der Waals surface area contributed by atoms with Gasteiger partial charge in [-0.2, -0.15) is 0 Å². The van der Waals surface area contributed by atoms with E-state index in [-0.39, 0.29) is 5.78 Å². The average molecular weight is 146 g/mol. The molecule has 3 nitrogen and oxygen atoms in total. The Morgan fingerprint density at radius 1 is 1.50 bits per heavy atom. The number of hydrogen-bond donors (Lipinski definition) is 0. The van der Waals surface area contributed by atoms with E-state index in [1.165, 1.54) is 0 Å². The van der Waals surface area contributed by atoms with Crippen molar-refractivity contribution in [3.63, 3.8) is 0 Å². The van der Waals surface area contributed by atoms with Crippen molar-refractivity contribution in [2.24, 2.45) is 0 Å². The molecule has 0 radical (unpaired) electrons. The maximum Gasteiger partial charge on any atom is 0.143 e. The number of carbonyl (C=O) groups excluding carboxylic acids is 1. The highest BCUT2D eigenvalue weighted by Gasteiger charge is 2.10. The quantitative estimate of drug-likeness (QED) is 0.402. The Balaban J connectivity index is 2.19. The first kappa shape index (κ1) is 7.69. The third-order valence-corrected chi connectivity index (χ3v) is 1.55. The minimum atomic E-state index is 0.238. The maximum atomic E-state index is 10.6. The number of nitrogens with zero attached hydrogens (tertiary/aromatic N) is 1. The van der Waals surface area contributed by atoms with E-state index in [1.807, 2.05) is 0 Å². The van der Waals surface area contributed by atoms with Crippen molar-refractivity contribution < 1.29 is 9.53 Å². The van der Waals surface area contributed by atoms with Crippen LogP contribution in [0.4, 0.5) is 0 Å². The molecule has 0 unspecified atom stereocenters. The summed E-state index contributed by atoms with van der Waals surface area (Å²) in [5.74, 6) is 0.238. The van der Waals surface area contributed by atoms with Crippen LogP contribution in [0.5, 0.6) is 0 Å². The van der Waals surface area contributed by atoms with Gasteiger partial charge >= 0.3 is 0 Å². The number of ether oxygens (including phenoxy) is 1. The standard InChI is InChI=1S/C7H13NO2/c1-7(9)6-8-2-4-10-5-3-8/h2-6H2,1H3/i6+1,10+2. The van der Waals surface area contributed by atoms with Crippen LogP contribution in [-0.4, -0.2) is 43.5 Å². The third kappa shape index (κ3) is 2.45. The molecule has 0 spiro atoms. The molecule has 1 rings (SSSR count). The molecule has 10 heavy (non-hydrogen) atoms. The number of carbonyl (C=O) groups is 1. The lowest BCUT2D eigenvalue weighted by Gasteiger charge is -2.25. The Labute approximate surface area is 61.0 Å². The van der Waals surface area contributed by atoms with Crippen LogP contribution in [0.1, 0.15) is 6.92 Å². The van der Waals surface area contributed by atoms with E-state index in [0.29, 0.717) is 6.54 Å². The van der Waals surface area contributed by atoms with Crippen molar-refractivity contribution >= 4 is 5.78 Å². The molecule has 1 aliphatic heterocycles. The predicted octanol–water partition coefficient (Wildman–Crippen LogP) is -0.0924. The predicted molar refractivity (Wildman–Crippen MR) is 37.9 cm³/mol. The highest BCUT2D eigenvalue weighted by atomic mass is 18.3. The van der Waals surface area contributed by atoms with Gasteiger partial charge in [0.25, 0.3) is 0 Å². The Morgan fingerprint density at radius 3 is 2.60 bits per heavy atom. The summed E-state index contributed by atoms with van der Waals surface area (Å²) < 4.78 is 5.13. The van der Waals surface area contributed by atoms with Gasteiger partial charge in [0.1, 0.15) is 5.78 Å². The van der Waals surface area contributed by atoms with Gasteiger partial charge in [0.15, 0.2) is 0 Å². The third-order valence-electron chi connectivity index (χ3n) is 1.55. The van der Waals surface area contributed by atoms with Crippen molar-refractivity contribution in [3.05, 3.63) is 0 Å². The van der Waals surface area contributed by atoms with Crippen LogP contribution in [0.25, 0.3) is 0 Å². The van der Waals surface area contributed by atoms with E-state index < -0.39 is 0 Å². The second kappa shape index (κ2) is 3.68. The molecule has 0 aromatic heterocycles. The monoisotopic (exact) mass is 146 g/mol. The fraction of sp³-hybridized carbons (Fsp3) is 0.857. The average Bonchev–Trinajstić information content (AvgIpc) is 1.88. The summed E-state index contributed by atoms with van der Waals surface area (Å²) in [5.41, 5.74) is 0. The summed E-state index contributed by atoms with van der Waals surface area (Å²) in [6.07, 6.45) is 0. The summed E-state index contributed by atoms with van der Waals surface area (Å²) in [7, 11) is 0. The number of morpholine rings is 1. The van der Waals surface area contributed by atoms with Gasteiger partial charge in [0.2, 0.25) is 0 Å². The van der Waals surface area contributed by atoms with Gasteiger partial charge in [-0.05, 0) is 6.92 Å². The van der Waals surface area contributed by atoms with Crippen molar-refractivity contribution in [1.29, 1.82) is 0 Å². The molecular weight excluding hydrogens is 133 g/mol. The van der Waals surface area contributed by atoms with Gasteiger partial charge in [0, 0.05) is 13.1 Å². The van der Waals surface area contributed by atoms with E-state index in [1.54, 1.807) is 6.92 Å². The van der Waals surface area contributed by atoms with Gasteiger partial charge in [0.05, 0.1) is 19.8 Å². The molecule has 3 heteroatoms. The minimum absolute atomic E-state index is 0.238. The highest BCUT2D eigenvalue weighted by molar-refractivity contribution is 5.77. The molecule has 1 heterocycles. The number of hydrogen-bond acceptors (Lipinski definition) is 3. The maximum absolute atomic E-state index is 10.6. The number of Topliss-reactive ketones (excluding diaryl/α,β-unsaturated/α-hetero) is 1. The molecular formula is C7H13NO2. The molecule has 0 bridgehead atoms. The molecule has 1 aliphatic rings. The zero-order valence-electron chi connectivity index (χ0n) is 6.30. The fourth-order valence-corrected chi connectivity index (χ4v) is 1.07. The molecule has 58 valence electrons. The zero-order valence-corrected chi connectivity index (χ0v) is 6.30. The molecule has 0 aliphatic carbocycles. The largest absolute Gasteiger partial charge is 0.379 e. The van der Waals surface area contributed by atoms with Crippen molar-refractivity contribution in [3.8, 4) is 0 Å². The first-order valence-electron chi connectivity index (χ1n) is 3.58. The minimum Gasteiger partial charge on any atom is -0.379 e. The van der Waals surface area contributed by atoms with Gasteiger partial charge in [-0.25, -0.2) is 0 Å². The molecule has 0 atom stereocenters. The van der Waals surface area contributed by atoms with Gasteiger partial charge in [-0.3, -0.25) is 9.69 Å². The normalized spacial score (nSPS) is 20.9. The molecule has 0 saturated carbocycles. The van der Waals surface area contributed by atoms with E-state index in [0.717, 1.165) is 26.3 Å². The second-order valence-electron chi connectivity index (χ2n) is 2.59. The second-order valence-corrected chi connectivity index (χ2v) is 2.59. The van der Waals surface area contributed by atoms with Crippen LogP contribution in [-0.2, 0) is 9.53 Å². The van der Waals surface area contributed by atoms with Crippen molar-refractivity contribution in [1.82, 2.24) is 4.90 Å². The van der Waals surface area contributed by atoms with Crippen LogP contribution in [0.2, 0.25) is 0 Å². The molecule has 0 amide bonds. The summed E-state index contributed by atoms with van der Waals surface area (Å²) in [5, 5.41) is 0. The number of ketones is 1. The molecule has 1 saturated heterocycles. The molecule has 0 aromatic rings. The van der Waals surface area contributed by atoms with Crippen LogP contribution < -0.4 is 0 Å². The lowest BCUT2D eigenvalue weighted by molar-refractivity contribution is -0.119. The molecule has 0 aromatic carbocycles. The Morgan fingerprint density at radius 2 is 2.10 bits per heavy atom. The Kier molecular flexibility index (Phi) is 2.83. The van der Waals surface area contributed by atoms with Crippen LogP contribution in [0, 0.1) is 0 Å². The van der Waals surface area contributed by atoms with E-state index in [4.69, 9.17) is 4.74 Å². The van der Waals surface area contributed by atoms with E-state index >= 15 is 0 Å².